The quantitative estimate of drug-likeness (QED) is 0.00944. The standard InChI is InChI=1S/C33H26N6O5S.C22H21NO4S.C20H23Cl2NO3.C19H16ClNO2.BH2.H/c1-20-12-13-21(2)27(16-20)34-32(41)26-18-30(24-10-6-7-11-25(24)31(26)40)44-29-15-14-22(17-28(29)39(42)43)19-45-33-35-36-37-38(33)23-8-4-3-5-9-23;1-13-7-8-14(2)18(11-13)23-22(27)17-12-19(28-10-9-20(24)25)15-5-3-4-6-16(15)21(17)26;1-5-13-14(21)10-15(19(24)18(13)22)23-20(25)16(6-2)26-17-8-7-11(3)9-12(17)4;1-11-7-8-12(2)17(9-11)21-19(23)15-10-16(20)13-5-3-4-6-14(13)18(15)22;;/h3-18,40H,19H2,1-2H3,(H,34,41);3-8,11-12,26H,9-10H2,1-2H3,(H,23,27)(H,24,25);7-10,16,24H,5-6H2,1-4H3,(H,23,25);3-10,22H,1-2H3,(H,21,23);1H2;/q;;;;2*-1/i;;;;;1+1. The number of anilines is 4. The van der Waals surface area contributed by atoms with E-state index in [1.165, 1.54) is 53.9 Å². The first-order valence-corrected chi connectivity index (χ1v) is 41.6. The Morgan fingerprint density at radius 3 is 1.51 bits per heavy atom. The largest absolute Gasteiger partial charge is 1.00 e. The van der Waals surface area contributed by atoms with Crippen molar-refractivity contribution in [2.24, 2.45) is 0 Å². The van der Waals surface area contributed by atoms with Gasteiger partial charge in [-0.1, -0.05) is 212 Å². The van der Waals surface area contributed by atoms with Crippen molar-refractivity contribution in [2.45, 2.75) is 110 Å². The van der Waals surface area contributed by atoms with E-state index in [2.05, 4.69) is 36.8 Å². The van der Waals surface area contributed by atoms with Crippen LogP contribution in [0.5, 0.6) is 40.2 Å². The number of para-hydroxylation sites is 1. The molecule has 9 N–H and O–H groups in total. The molecule has 0 spiro atoms. The molecule has 632 valence electrons. The number of aliphatic carboxylic acids is 1. The molecular weight excluding hydrogens is 1660 g/mol. The number of nitrogens with zero attached hydrogens (tertiary/aromatic N) is 5. The normalized spacial score (nSPS) is 11.0. The summed E-state index contributed by atoms with van der Waals surface area (Å²) in [4.78, 5) is 74.7. The van der Waals surface area contributed by atoms with Gasteiger partial charge in [0.05, 0.1) is 44.4 Å². The number of carboxylic acid groups (broad SMARTS) is 1. The molecule has 1 unspecified atom stereocenters. The molecule has 1 heterocycles. The monoisotopic (exact) mass is 1750 g/mol. The van der Waals surface area contributed by atoms with Crippen LogP contribution in [0, 0.1) is 65.5 Å². The van der Waals surface area contributed by atoms with Gasteiger partial charge < -0.3 is 66.1 Å². The number of tetrazole rings is 1. The lowest BCUT2D eigenvalue weighted by atomic mass is 10.0. The van der Waals surface area contributed by atoms with Gasteiger partial charge in [0.25, 0.3) is 23.6 Å². The van der Waals surface area contributed by atoms with E-state index < -0.39 is 28.8 Å². The van der Waals surface area contributed by atoms with E-state index in [4.69, 9.17) is 49.4 Å². The number of nitro benzene ring substituents is 1. The third kappa shape index (κ3) is 22.7. The van der Waals surface area contributed by atoms with Gasteiger partial charge in [-0.25, -0.2) is 0 Å². The van der Waals surface area contributed by atoms with Gasteiger partial charge in [0, 0.05) is 76.5 Å². The minimum atomic E-state index is -0.872. The lowest BCUT2D eigenvalue weighted by molar-refractivity contribution is -0.385. The maximum atomic E-state index is 13.4. The molecule has 0 aliphatic heterocycles. The Morgan fingerprint density at radius 2 is 0.984 bits per heavy atom. The van der Waals surface area contributed by atoms with Gasteiger partial charge in [0.15, 0.2) is 11.9 Å². The molecule has 0 aliphatic rings. The maximum Gasteiger partial charge on any atom is 0.311 e. The molecule has 14 rings (SSSR count). The molecule has 0 bridgehead atoms. The summed E-state index contributed by atoms with van der Waals surface area (Å²) in [6.45, 7) is 19.2. The van der Waals surface area contributed by atoms with E-state index >= 15 is 0 Å². The number of benzene rings is 13. The van der Waals surface area contributed by atoms with Crippen LogP contribution in [0.15, 0.2) is 228 Å². The summed E-state index contributed by atoms with van der Waals surface area (Å²) in [6.07, 6.45) is 0.352. The number of phenols is 4. The number of carboxylic acids is 1. The van der Waals surface area contributed by atoms with Crippen LogP contribution in [-0.2, 0) is 21.8 Å². The molecule has 14 aromatic rings. The molecule has 1 aromatic heterocycles. The minimum Gasteiger partial charge on any atom is -1.00 e. The highest BCUT2D eigenvalue weighted by Crippen LogP contribution is 2.44. The van der Waals surface area contributed by atoms with Gasteiger partial charge in [-0.3, -0.25) is 34.1 Å². The van der Waals surface area contributed by atoms with Gasteiger partial charge in [-0.2, -0.15) is 4.68 Å². The van der Waals surface area contributed by atoms with Crippen LogP contribution in [0.3, 0.4) is 0 Å². The highest BCUT2D eigenvalue weighted by Gasteiger charge is 2.27. The number of amides is 4. The number of carbonyl (C=O) groups is 5. The molecule has 2 radical (unpaired) electrons. The fourth-order valence-electron chi connectivity index (χ4n) is 13.0. The van der Waals surface area contributed by atoms with Crippen molar-refractivity contribution in [1.29, 1.82) is 0 Å². The van der Waals surface area contributed by atoms with Crippen LogP contribution >= 0.6 is 58.3 Å². The van der Waals surface area contributed by atoms with Crippen LogP contribution < -0.4 is 30.7 Å². The number of rotatable bonds is 23. The lowest BCUT2D eigenvalue weighted by Crippen LogP contribution is -2.32. The maximum absolute atomic E-state index is 13.4. The SMILES string of the molecule is CCc1c(Cl)cc(NC(=O)C(CC)Oc2ccc(C)cc2C)c(O)c1Cl.Cc1ccc(C)c(NC(=O)c2cc(Cl)c3ccccc3c2O)c1.Cc1ccc(C)c(NC(=O)c2cc(Oc3ccc(CSc4nnnn4-c4ccccc4)cc3[N+](=O)[O-])c3ccccc3c2O)c1.Cc1ccc(C)c(NC(=O)c2cc(SCCC(=O)O)c3ccccc3c2O)c1.[2H-].[BH2-]. The Balaban J connectivity index is 0.000000194. The molecule has 23 nitrogen and oxygen atoms in total. The van der Waals surface area contributed by atoms with Crippen LogP contribution in [0.25, 0.3) is 38.0 Å². The zero-order valence-corrected chi connectivity index (χ0v) is 72.9. The number of aromatic nitrogens is 4. The fourth-order valence-corrected chi connectivity index (χ4v) is 15.8. The summed E-state index contributed by atoms with van der Waals surface area (Å²) in [6, 6.07) is 64.4. The molecule has 0 saturated carbocycles. The molecule has 123 heavy (non-hydrogen) atoms. The van der Waals surface area contributed by atoms with Gasteiger partial charge in [0.2, 0.25) is 10.9 Å². The van der Waals surface area contributed by atoms with Gasteiger partial charge in [-0.15, -0.1) is 16.9 Å². The number of aryl methyl sites for hydroxylation is 8. The number of hydrogen-bond donors (Lipinski definition) is 9. The zero-order valence-electron chi connectivity index (χ0n) is 70.0. The number of nitrogens with one attached hydrogen (secondary N) is 4. The van der Waals surface area contributed by atoms with Gasteiger partial charge in [-0.05, 0) is 201 Å². The first-order chi connectivity index (χ1) is 58.4. The van der Waals surface area contributed by atoms with E-state index in [-0.39, 0.29) is 95.7 Å². The van der Waals surface area contributed by atoms with Crippen molar-refractivity contribution in [3.8, 4) is 45.9 Å². The van der Waals surface area contributed by atoms with E-state index in [1.807, 2.05) is 197 Å². The molecule has 29 heteroatoms. The number of nitro groups is 1. The summed E-state index contributed by atoms with van der Waals surface area (Å²) < 4.78 is 13.6. The number of hydrogen-bond acceptors (Lipinski definition) is 18. The number of fused-ring (bicyclic) bond motifs is 3. The van der Waals surface area contributed by atoms with Gasteiger partial charge in [0.1, 0.15) is 28.7 Å². The fraction of sp³-hybridized carbons (Fsp3) is 0.170. The molecular formula is C94H89BCl3N9O14S2-2. The van der Waals surface area contributed by atoms with Crippen molar-refractivity contribution in [3.63, 3.8) is 0 Å². The molecule has 4 amide bonds. The van der Waals surface area contributed by atoms with Crippen LogP contribution in [-0.4, -0.2) is 101 Å². The highest BCUT2D eigenvalue weighted by atomic mass is 35.5. The Morgan fingerprint density at radius 1 is 0.504 bits per heavy atom. The molecule has 13 aromatic carbocycles. The minimum absolute atomic E-state index is 0. The summed E-state index contributed by atoms with van der Waals surface area (Å²) >= 11 is 21.3. The number of aromatic hydroxyl groups is 4. The predicted octanol–water partition coefficient (Wildman–Crippen LogP) is 22.3. The number of phenolic OH excluding ortho intramolecular Hbond substituents is 4. The second-order valence-electron chi connectivity index (χ2n) is 28.6. The van der Waals surface area contributed by atoms with Gasteiger partial charge >= 0.3 is 11.7 Å². The predicted molar refractivity (Wildman–Crippen MR) is 495 cm³/mol. The Hall–Kier alpha value is -13.1. The van der Waals surface area contributed by atoms with E-state index in [0.717, 1.165) is 71.6 Å². The number of thioether (sulfide) groups is 2. The second-order valence-corrected chi connectivity index (χ2v) is 31.8. The Labute approximate surface area is 737 Å². The average molecular weight is 1750 g/mol. The van der Waals surface area contributed by atoms with Crippen LogP contribution in [0.2, 0.25) is 15.1 Å². The topological polar surface area (TPSA) is 340 Å². The number of ether oxygens (including phenoxy) is 2. The molecule has 0 fully saturated rings. The van der Waals surface area contributed by atoms with Crippen molar-refractivity contribution in [2.75, 3.05) is 27.0 Å². The smallest absolute Gasteiger partial charge is 0.311 e. The highest BCUT2D eigenvalue weighted by molar-refractivity contribution is 7.99. The Kier molecular flexibility index (Phi) is 31.4. The molecule has 1 atom stereocenters. The Bertz CT molecular complexity index is 6350. The number of carbonyl (C=O) groups excluding carboxylic acids is 4. The van der Waals surface area contributed by atoms with E-state index in [0.29, 0.717) is 89.3 Å². The van der Waals surface area contributed by atoms with Crippen molar-refractivity contribution < 1.29 is 65.3 Å². The van der Waals surface area contributed by atoms with Crippen molar-refractivity contribution in [3.05, 3.63) is 316 Å². The number of halogens is 3. The summed E-state index contributed by atoms with van der Waals surface area (Å²) in [5.74, 6) is -1.58. The van der Waals surface area contributed by atoms with Crippen LogP contribution in [0.4, 0.5) is 28.4 Å². The van der Waals surface area contributed by atoms with E-state index in [9.17, 15) is 54.5 Å². The average Bonchev–Trinajstić information content (AvgIpc) is 0.799. The van der Waals surface area contributed by atoms with Crippen molar-refractivity contribution in [1.82, 2.24) is 20.2 Å². The van der Waals surface area contributed by atoms with Crippen LogP contribution in [0.1, 0.15) is 115 Å². The first kappa shape index (κ1) is 92.2. The third-order valence-electron chi connectivity index (χ3n) is 19.6. The van der Waals surface area contributed by atoms with E-state index in [1.54, 1.807) is 65.3 Å². The van der Waals surface area contributed by atoms with Crippen molar-refractivity contribution >= 4 is 157 Å². The summed E-state index contributed by atoms with van der Waals surface area (Å²) in [5.41, 5.74) is 12.2. The third-order valence-corrected chi connectivity index (χ3v) is 22.7. The second kappa shape index (κ2) is 41.9. The summed E-state index contributed by atoms with van der Waals surface area (Å²) in [7, 11) is 0. The molecule has 0 aliphatic carbocycles. The zero-order chi connectivity index (χ0) is 87.8. The first-order valence-electron chi connectivity index (χ1n) is 38.5. The lowest BCUT2D eigenvalue weighted by Gasteiger charge is -2.20. The summed E-state index contributed by atoms with van der Waals surface area (Å²) in [5, 5.41) is 91.7. The molecule has 0 saturated heterocycles.